The molecule has 6 nitrogen and oxygen atoms in total. The van der Waals surface area contributed by atoms with Crippen molar-refractivity contribution in [3.63, 3.8) is 0 Å². The molecule has 3 aromatic rings. The van der Waals surface area contributed by atoms with Gasteiger partial charge in [-0.3, -0.25) is 9.78 Å². The summed E-state index contributed by atoms with van der Waals surface area (Å²) in [6, 6.07) is 9.19. The summed E-state index contributed by atoms with van der Waals surface area (Å²) in [4.78, 5) is 22.3. The average Bonchev–Trinajstić information content (AvgIpc) is 3.22. The third-order valence-electron chi connectivity index (χ3n) is 6.03. The lowest BCUT2D eigenvalue weighted by Crippen LogP contribution is -2.37. The van der Waals surface area contributed by atoms with Crippen molar-refractivity contribution in [2.24, 2.45) is 11.3 Å². The topological polar surface area (TPSA) is 72.7 Å². The maximum absolute atomic E-state index is 13.4. The summed E-state index contributed by atoms with van der Waals surface area (Å²) in [5.41, 5.74) is 3.33. The number of rotatable bonds is 4. The number of nitrogens with zero attached hydrogens (tertiary/aromatic N) is 4. The molecule has 0 bridgehead atoms. The Morgan fingerprint density at radius 3 is 2.73 bits per heavy atom. The fourth-order valence-corrected chi connectivity index (χ4v) is 4.56. The lowest BCUT2D eigenvalue weighted by atomic mass is 9.84. The van der Waals surface area contributed by atoms with Gasteiger partial charge in [-0.15, -0.1) is 0 Å². The van der Waals surface area contributed by atoms with Crippen LogP contribution < -0.4 is 5.32 Å². The van der Waals surface area contributed by atoms with Crippen LogP contribution in [0.3, 0.4) is 0 Å². The Bertz CT molecular complexity index is 1100. The monoisotopic (exact) mass is 421 g/mol. The normalized spacial score (nSPS) is 20.4. The second kappa shape index (κ2) is 6.91. The van der Waals surface area contributed by atoms with E-state index in [-0.39, 0.29) is 17.4 Å². The van der Waals surface area contributed by atoms with Crippen molar-refractivity contribution >= 4 is 17.5 Å². The molecule has 5 rings (SSSR count). The van der Waals surface area contributed by atoms with Gasteiger partial charge >= 0.3 is 0 Å². The largest absolute Gasteiger partial charge is 0.342 e. The van der Waals surface area contributed by atoms with Crippen LogP contribution in [-0.2, 0) is 6.42 Å². The highest BCUT2D eigenvalue weighted by Crippen LogP contribution is 2.57. The Kier molecular flexibility index (Phi) is 4.43. The number of pyridine rings is 2. The van der Waals surface area contributed by atoms with Crippen molar-refractivity contribution in [3.8, 4) is 5.82 Å². The zero-order valence-electron chi connectivity index (χ0n) is 17.3. The summed E-state index contributed by atoms with van der Waals surface area (Å²) < 4.78 is 1.84. The maximum atomic E-state index is 13.4. The summed E-state index contributed by atoms with van der Waals surface area (Å²) >= 11 is 6.00. The molecule has 0 aliphatic heterocycles. The molecule has 3 atom stereocenters. The molecule has 3 heterocycles. The van der Waals surface area contributed by atoms with E-state index in [1.165, 1.54) is 0 Å². The molecule has 0 spiro atoms. The van der Waals surface area contributed by atoms with E-state index in [1.807, 2.05) is 28.9 Å². The first-order chi connectivity index (χ1) is 14.3. The van der Waals surface area contributed by atoms with E-state index in [2.05, 4.69) is 36.1 Å². The molecule has 1 fully saturated rings. The first-order valence-corrected chi connectivity index (χ1v) is 10.7. The molecule has 0 saturated heterocycles. The van der Waals surface area contributed by atoms with Crippen LogP contribution in [0.4, 0.5) is 0 Å². The van der Waals surface area contributed by atoms with Gasteiger partial charge in [0, 0.05) is 23.9 Å². The predicted octanol–water partition coefficient (Wildman–Crippen LogP) is 4.49. The van der Waals surface area contributed by atoms with E-state index in [9.17, 15) is 4.79 Å². The van der Waals surface area contributed by atoms with E-state index in [1.54, 1.807) is 18.5 Å². The van der Waals surface area contributed by atoms with Gasteiger partial charge < -0.3 is 5.32 Å². The molecular weight excluding hydrogens is 398 g/mol. The van der Waals surface area contributed by atoms with Crippen LogP contribution in [0, 0.1) is 11.3 Å². The van der Waals surface area contributed by atoms with Gasteiger partial charge in [0.15, 0.2) is 11.5 Å². The Morgan fingerprint density at radius 2 is 2.07 bits per heavy atom. The molecule has 7 heteroatoms. The SMILES string of the molecule is CC(C)(C)[C@@H](NC(=O)c1nn(-c2ccc(Cl)cn2)c2c1C[C@H]1C[C@@H]21)c1ccccn1. The van der Waals surface area contributed by atoms with Gasteiger partial charge in [-0.2, -0.15) is 5.10 Å². The summed E-state index contributed by atoms with van der Waals surface area (Å²) in [6.07, 6.45) is 5.43. The number of aromatic nitrogens is 4. The number of carbonyl (C=O) groups is 1. The molecule has 0 unspecified atom stereocenters. The van der Waals surface area contributed by atoms with Crippen molar-refractivity contribution < 1.29 is 4.79 Å². The quantitative estimate of drug-likeness (QED) is 0.673. The average molecular weight is 422 g/mol. The van der Waals surface area contributed by atoms with Crippen molar-refractivity contribution in [1.29, 1.82) is 0 Å². The Labute approximate surface area is 180 Å². The van der Waals surface area contributed by atoms with Crippen molar-refractivity contribution in [1.82, 2.24) is 25.1 Å². The van der Waals surface area contributed by atoms with Crippen LogP contribution in [0.1, 0.15) is 66.6 Å². The third-order valence-corrected chi connectivity index (χ3v) is 6.26. The molecule has 0 radical (unpaired) electrons. The first-order valence-electron chi connectivity index (χ1n) is 10.3. The minimum Gasteiger partial charge on any atom is -0.342 e. The van der Waals surface area contributed by atoms with Crippen LogP contribution in [0.15, 0.2) is 42.7 Å². The van der Waals surface area contributed by atoms with Gasteiger partial charge in [0.2, 0.25) is 0 Å². The molecule has 1 saturated carbocycles. The van der Waals surface area contributed by atoms with Crippen molar-refractivity contribution in [2.75, 3.05) is 0 Å². The molecule has 2 aliphatic rings. The lowest BCUT2D eigenvalue weighted by molar-refractivity contribution is 0.0893. The van der Waals surface area contributed by atoms with Crippen molar-refractivity contribution in [3.05, 3.63) is 70.4 Å². The maximum Gasteiger partial charge on any atom is 0.272 e. The minimum atomic E-state index is -0.225. The molecule has 30 heavy (non-hydrogen) atoms. The fraction of sp³-hybridized carbons (Fsp3) is 0.391. The molecule has 2 aliphatic carbocycles. The van der Waals surface area contributed by atoms with Gasteiger partial charge in [0.25, 0.3) is 5.91 Å². The molecule has 0 aromatic carbocycles. The standard InChI is InChI=1S/C23H24ClN5O/c1-23(2,3)21(17-6-4-5-9-25-17)27-22(30)19-16-11-13-10-15(13)20(16)29(28-19)18-8-7-14(24)12-26-18/h4-9,12-13,15,21H,10-11H2,1-3H3,(H,27,30)/t13-,15-,21+/m1/s1. The zero-order valence-corrected chi connectivity index (χ0v) is 18.0. The van der Waals surface area contributed by atoms with E-state index in [0.717, 1.165) is 29.8 Å². The first kappa shape index (κ1) is 19.2. The number of carbonyl (C=O) groups excluding carboxylic acids is 1. The zero-order chi connectivity index (χ0) is 21.0. The van der Waals surface area contributed by atoms with Gasteiger partial charge in [-0.05, 0) is 48.4 Å². The lowest BCUT2D eigenvalue weighted by Gasteiger charge is -2.30. The van der Waals surface area contributed by atoms with Crippen LogP contribution in [0.2, 0.25) is 5.02 Å². The van der Waals surface area contributed by atoms with Crippen LogP contribution in [0.25, 0.3) is 5.82 Å². The van der Waals surface area contributed by atoms with E-state index in [4.69, 9.17) is 16.7 Å². The Hall–Kier alpha value is -2.73. The summed E-state index contributed by atoms with van der Waals surface area (Å²) in [5.74, 6) is 1.63. The highest BCUT2D eigenvalue weighted by molar-refractivity contribution is 6.30. The van der Waals surface area contributed by atoms with Gasteiger partial charge in [-0.1, -0.05) is 38.4 Å². The molecule has 154 valence electrons. The number of hydrogen-bond acceptors (Lipinski definition) is 4. The number of halogens is 1. The summed E-state index contributed by atoms with van der Waals surface area (Å²) in [5, 5.41) is 8.50. The Morgan fingerprint density at radius 1 is 1.23 bits per heavy atom. The van der Waals surface area contributed by atoms with Crippen LogP contribution in [-0.4, -0.2) is 25.7 Å². The van der Waals surface area contributed by atoms with E-state index < -0.39 is 0 Å². The van der Waals surface area contributed by atoms with E-state index >= 15 is 0 Å². The molecule has 1 N–H and O–H groups in total. The Balaban J connectivity index is 1.51. The van der Waals surface area contributed by atoms with Crippen LogP contribution in [0.5, 0.6) is 0 Å². The second-order valence-corrected chi connectivity index (χ2v) is 9.73. The van der Waals surface area contributed by atoms with Gasteiger partial charge in [0.1, 0.15) is 0 Å². The molecule has 3 aromatic heterocycles. The number of nitrogens with one attached hydrogen (secondary N) is 1. The molecule has 1 amide bonds. The van der Waals surface area contributed by atoms with Gasteiger partial charge in [-0.25, -0.2) is 9.67 Å². The van der Waals surface area contributed by atoms with Crippen molar-refractivity contribution in [2.45, 2.75) is 45.6 Å². The highest BCUT2D eigenvalue weighted by atomic mass is 35.5. The van der Waals surface area contributed by atoms with E-state index in [0.29, 0.717) is 28.4 Å². The summed E-state index contributed by atoms with van der Waals surface area (Å²) in [7, 11) is 0. The van der Waals surface area contributed by atoms with Gasteiger partial charge in [0.05, 0.1) is 22.5 Å². The number of fused-ring (bicyclic) bond motifs is 3. The summed E-state index contributed by atoms with van der Waals surface area (Å²) in [6.45, 7) is 6.30. The third kappa shape index (κ3) is 3.29. The van der Waals surface area contributed by atoms with Crippen LogP contribution >= 0.6 is 11.6 Å². The molecular formula is C23H24ClN5O. The number of amides is 1. The smallest absolute Gasteiger partial charge is 0.272 e. The minimum absolute atomic E-state index is 0.161. The second-order valence-electron chi connectivity index (χ2n) is 9.29. The fourth-order valence-electron chi connectivity index (χ4n) is 4.45. The number of hydrogen-bond donors (Lipinski definition) is 1. The predicted molar refractivity (Wildman–Crippen MR) is 115 cm³/mol. The highest BCUT2D eigenvalue weighted by Gasteiger charge is 2.50.